The van der Waals surface area contributed by atoms with E-state index in [0.29, 0.717) is 9.61 Å². The Bertz CT molecular complexity index is 404. The van der Waals surface area contributed by atoms with Gasteiger partial charge in [-0.25, -0.2) is 4.39 Å². The summed E-state index contributed by atoms with van der Waals surface area (Å²) < 4.78 is 14.0. The molecular weight excluding hydrogens is 306 g/mol. The average molecular weight is 318 g/mol. The van der Waals surface area contributed by atoms with Crippen molar-refractivity contribution < 1.29 is 4.39 Å². The van der Waals surface area contributed by atoms with E-state index in [-0.39, 0.29) is 5.82 Å². The van der Waals surface area contributed by atoms with Gasteiger partial charge in [-0.05, 0) is 47.4 Å². The lowest BCUT2D eigenvalue weighted by atomic mass is 10.1. The van der Waals surface area contributed by atoms with Gasteiger partial charge >= 0.3 is 0 Å². The molecule has 1 atom stereocenters. The second-order valence-corrected chi connectivity index (χ2v) is 5.44. The summed E-state index contributed by atoms with van der Waals surface area (Å²) in [5, 5.41) is 6.79. The van der Waals surface area contributed by atoms with E-state index in [0.717, 1.165) is 23.8 Å². The molecule has 80 valence electrons. The Morgan fingerprint density at radius 1 is 1.27 bits per heavy atom. The molecule has 2 aliphatic rings. The molecule has 0 saturated heterocycles. The van der Waals surface area contributed by atoms with Crippen LogP contribution in [0.2, 0.25) is 0 Å². The standard InChI is InChI=1S/C11H12FIN2/c12-7-3-10-9(4-8(7)13)14-5-11(15-10)6-1-2-6/h3-4,6,11,14-15H,1-2,5H2. The molecule has 0 bridgehead atoms. The highest BCUT2D eigenvalue weighted by Crippen LogP contribution is 2.38. The minimum absolute atomic E-state index is 0.139. The molecule has 1 aliphatic carbocycles. The van der Waals surface area contributed by atoms with Crippen LogP contribution in [0.3, 0.4) is 0 Å². The Kier molecular flexibility index (Phi) is 2.26. The highest BCUT2D eigenvalue weighted by molar-refractivity contribution is 14.1. The van der Waals surface area contributed by atoms with Gasteiger partial charge in [0.2, 0.25) is 0 Å². The lowest BCUT2D eigenvalue weighted by Crippen LogP contribution is -2.34. The topological polar surface area (TPSA) is 24.1 Å². The van der Waals surface area contributed by atoms with E-state index in [2.05, 4.69) is 10.6 Å². The van der Waals surface area contributed by atoms with Crippen molar-refractivity contribution in [2.75, 3.05) is 17.2 Å². The first-order valence-corrected chi connectivity index (χ1v) is 6.31. The van der Waals surface area contributed by atoms with Crippen LogP contribution >= 0.6 is 22.6 Å². The highest BCUT2D eigenvalue weighted by Gasteiger charge is 2.33. The van der Waals surface area contributed by atoms with Gasteiger partial charge in [-0.1, -0.05) is 0 Å². The van der Waals surface area contributed by atoms with Crippen LogP contribution in [0, 0.1) is 15.3 Å². The van der Waals surface area contributed by atoms with E-state index >= 15 is 0 Å². The molecule has 2 N–H and O–H groups in total. The third-order valence-electron chi connectivity index (χ3n) is 3.10. The lowest BCUT2D eigenvalue weighted by molar-refractivity contribution is 0.615. The third kappa shape index (κ3) is 1.79. The van der Waals surface area contributed by atoms with Crippen LogP contribution in [0.5, 0.6) is 0 Å². The van der Waals surface area contributed by atoms with Crippen molar-refractivity contribution in [3.63, 3.8) is 0 Å². The number of nitrogens with one attached hydrogen (secondary N) is 2. The molecule has 0 amide bonds. The Labute approximate surface area is 102 Å². The molecule has 1 aromatic carbocycles. The minimum Gasteiger partial charge on any atom is -0.381 e. The number of hydrogen-bond donors (Lipinski definition) is 2. The van der Waals surface area contributed by atoms with Gasteiger partial charge in [-0.2, -0.15) is 0 Å². The summed E-state index contributed by atoms with van der Waals surface area (Å²) in [6.07, 6.45) is 2.61. The number of hydrogen-bond acceptors (Lipinski definition) is 2. The predicted octanol–water partition coefficient (Wildman–Crippen LogP) is 3.05. The lowest BCUT2D eigenvalue weighted by Gasteiger charge is -2.28. The normalized spacial score (nSPS) is 24.0. The fourth-order valence-corrected chi connectivity index (χ4v) is 2.53. The van der Waals surface area contributed by atoms with Gasteiger partial charge in [0.15, 0.2) is 0 Å². The molecule has 1 aromatic rings. The summed E-state index contributed by atoms with van der Waals surface area (Å²) in [7, 11) is 0. The summed E-state index contributed by atoms with van der Waals surface area (Å²) in [4.78, 5) is 0. The molecule has 15 heavy (non-hydrogen) atoms. The van der Waals surface area contributed by atoms with Gasteiger partial charge in [0.25, 0.3) is 0 Å². The zero-order chi connectivity index (χ0) is 10.4. The first-order chi connectivity index (χ1) is 7.24. The van der Waals surface area contributed by atoms with Crippen molar-refractivity contribution in [2.45, 2.75) is 18.9 Å². The Morgan fingerprint density at radius 2 is 2.07 bits per heavy atom. The molecule has 4 heteroatoms. The van der Waals surface area contributed by atoms with Crippen LogP contribution in [-0.4, -0.2) is 12.6 Å². The first-order valence-electron chi connectivity index (χ1n) is 5.23. The maximum Gasteiger partial charge on any atom is 0.138 e. The van der Waals surface area contributed by atoms with E-state index in [1.165, 1.54) is 12.8 Å². The Morgan fingerprint density at radius 3 is 2.80 bits per heavy atom. The number of rotatable bonds is 1. The summed E-state index contributed by atoms with van der Waals surface area (Å²) in [6.45, 7) is 0.958. The zero-order valence-corrected chi connectivity index (χ0v) is 10.3. The molecule has 1 heterocycles. The van der Waals surface area contributed by atoms with E-state index < -0.39 is 0 Å². The summed E-state index contributed by atoms with van der Waals surface area (Å²) >= 11 is 2.02. The number of halogens is 2. The van der Waals surface area contributed by atoms with Crippen LogP contribution in [0.15, 0.2) is 12.1 Å². The van der Waals surface area contributed by atoms with E-state index in [1.54, 1.807) is 6.07 Å². The zero-order valence-electron chi connectivity index (χ0n) is 8.19. The monoisotopic (exact) mass is 318 g/mol. The molecular formula is C11H12FIN2. The predicted molar refractivity (Wildman–Crippen MR) is 67.7 cm³/mol. The van der Waals surface area contributed by atoms with Gasteiger partial charge in [-0.15, -0.1) is 0 Å². The van der Waals surface area contributed by atoms with E-state index in [4.69, 9.17) is 0 Å². The SMILES string of the molecule is Fc1cc2c(cc1I)NCC(C1CC1)N2. The molecule has 2 nitrogen and oxygen atoms in total. The van der Waals surface area contributed by atoms with Crippen molar-refractivity contribution in [3.8, 4) is 0 Å². The molecule has 1 fully saturated rings. The number of fused-ring (bicyclic) bond motifs is 1. The van der Waals surface area contributed by atoms with Crippen molar-refractivity contribution in [1.82, 2.24) is 0 Å². The van der Waals surface area contributed by atoms with Crippen molar-refractivity contribution in [2.24, 2.45) is 5.92 Å². The maximum absolute atomic E-state index is 13.4. The summed E-state index contributed by atoms with van der Waals surface area (Å²) in [6, 6.07) is 3.94. The van der Waals surface area contributed by atoms with E-state index in [1.807, 2.05) is 28.7 Å². The van der Waals surface area contributed by atoms with Gasteiger partial charge in [0, 0.05) is 18.7 Å². The molecule has 0 spiro atoms. The molecule has 1 aliphatic heterocycles. The van der Waals surface area contributed by atoms with Gasteiger partial charge in [-0.3, -0.25) is 0 Å². The van der Waals surface area contributed by atoms with Crippen LogP contribution in [0.25, 0.3) is 0 Å². The van der Waals surface area contributed by atoms with Gasteiger partial charge in [0.1, 0.15) is 5.82 Å². The average Bonchev–Trinajstić information content (AvgIpc) is 3.02. The molecule has 1 saturated carbocycles. The van der Waals surface area contributed by atoms with Crippen LogP contribution in [0.4, 0.5) is 15.8 Å². The largest absolute Gasteiger partial charge is 0.381 e. The van der Waals surface area contributed by atoms with Gasteiger partial charge < -0.3 is 10.6 Å². The smallest absolute Gasteiger partial charge is 0.138 e. The van der Waals surface area contributed by atoms with Crippen LogP contribution < -0.4 is 10.6 Å². The summed E-state index contributed by atoms with van der Waals surface area (Å²) in [5.41, 5.74) is 1.94. The number of benzene rings is 1. The Balaban J connectivity index is 1.91. The maximum atomic E-state index is 13.4. The quantitative estimate of drug-likeness (QED) is 0.778. The second kappa shape index (κ2) is 3.50. The van der Waals surface area contributed by atoms with Crippen molar-refractivity contribution in [1.29, 1.82) is 0 Å². The molecule has 0 aromatic heterocycles. The number of anilines is 2. The minimum atomic E-state index is -0.139. The second-order valence-electron chi connectivity index (χ2n) is 4.28. The molecule has 0 radical (unpaired) electrons. The third-order valence-corrected chi connectivity index (χ3v) is 3.93. The van der Waals surface area contributed by atoms with Crippen molar-refractivity contribution in [3.05, 3.63) is 21.5 Å². The first kappa shape index (κ1) is 9.69. The molecule has 3 rings (SSSR count). The molecule has 1 unspecified atom stereocenters. The summed E-state index contributed by atoms with van der Waals surface area (Å²) in [5.74, 6) is 0.646. The van der Waals surface area contributed by atoms with E-state index in [9.17, 15) is 4.39 Å². The van der Waals surface area contributed by atoms with Crippen LogP contribution in [-0.2, 0) is 0 Å². The fraction of sp³-hybridized carbons (Fsp3) is 0.455. The van der Waals surface area contributed by atoms with Crippen molar-refractivity contribution >= 4 is 34.0 Å². The fourth-order valence-electron chi connectivity index (χ4n) is 2.07. The van der Waals surface area contributed by atoms with Gasteiger partial charge in [0.05, 0.1) is 14.9 Å². The highest BCUT2D eigenvalue weighted by atomic mass is 127. The van der Waals surface area contributed by atoms with Crippen LogP contribution in [0.1, 0.15) is 12.8 Å². The Hall–Kier alpha value is -0.520.